The van der Waals surface area contributed by atoms with Crippen molar-refractivity contribution in [1.29, 1.82) is 0 Å². The molecular formula is C16H27NO5SSi. The van der Waals surface area contributed by atoms with Gasteiger partial charge in [0.05, 0.1) is 6.04 Å². The number of hydrogen-bond acceptors (Lipinski definition) is 6. The normalized spacial score (nSPS) is 29.0. The van der Waals surface area contributed by atoms with E-state index in [1.54, 1.807) is 13.8 Å². The Kier molecular flexibility index (Phi) is 5.24. The molecule has 8 heteroatoms. The van der Waals surface area contributed by atoms with Gasteiger partial charge in [-0.2, -0.15) is 0 Å². The van der Waals surface area contributed by atoms with Gasteiger partial charge in [-0.3, -0.25) is 9.59 Å². The van der Waals surface area contributed by atoms with Crippen molar-refractivity contribution >= 4 is 37.1 Å². The lowest BCUT2D eigenvalue weighted by Crippen LogP contribution is -2.65. The van der Waals surface area contributed by atoms with Crippen LogP contribution in [-0.4, -0.2) is 47.9 Å². The molecule has 1 unspecified atom stereocenters. The average Bonchev–Trinajstić information content (AvgIpc) is 2.39. The molecule has 2 saturated heterocycles. The van der Waals surface area contributed by atoms with Crippen LogP contribution in [0.25, 0.3) is 0 Å². The van der Waals surface area contributed by atoms with E-state index in [2.05, 4.69) is 33.9 Å². The summed E-state index contributed by atoms with van der Waals surface area (Å²) >= 11 is 0.882. The maximum absolute atomic E-state index is 12.5. The number of esters is 1. The molecule has 1 amide bonds. The van der Waals surface area contributed by atoms with Crippen molar-refractivity contribution in [2.75, 3.05) is 0 Å². The third-order valence-corrected chi connectivity index (χ3v) is 11.0. The first kappa shape index (κ1) is 19.5. The quantitative estimate of drug-likeness (QED) is 0.326. The molecule has 24 heavy (non-hydrogen) atoms. The van der Waals surface area contributed by atoms with E-state index in [0.717, 1.165) is 11.8 Å². The van der Waals surface area contributed by atoms with Crippen LogP contribution in [0.5, 0.6) is 0 Å². The Hall–Kier alpha value is -0.863. The first-order chi connectivity index (χ1) is 10.8. The van der Waals surface area contributed by atoms with E-state index in [0.29, 0.717) is 6.42 Å². The van der Waals surface area contributed by atoms with E-state index in [4.69, 9.17) is 9.16 Å². The van der Waals surface area contributed by atoms with Crippen LogP contribution >= 0.6 is 11.8 Å². The van der Waals surface area contributed by atoms with E-state index in [1.807, 2.05) is 0 Å². The Balaban J connectivity index is 2.01. The minimum Gasteiger partial charge on any atom is -0.435 e. The Labute approximate surface area is 148 Å². The number of ether oxygens (including phenoxy) is 1. The molecule has 0 aromatic rings. The number of hydrogen-bond donors (Lipinski definition) is 0. The predicted molar refractivity (Wildman–Crippen MR) is 94.6 cm³/mol. The van der Waals surface area contributed by atoms with Gasteiger partial charge in [0.15, 0.2) is 25.1 Å². The predicted octanol–water partition coefficient (Wildman–Crippen LogP) is 2.73. The molecule has 0 bridgehead atoms. The van der Waals surface area contributed by atoms with Crippen molar-refractivity contribution in [3.63, 3.8) is 0 Å². The summed E-state index contributed by atoms with van der Waals surface area (Å²) in [5.74, 6) is -0.922. The van der Waals surface area contributed by atoms with Crippen LogP contribution in [0.2, 0.25) is 18.1 Å². The molecule has 0 aromatic heterocycles. The lowest BCUT2D eigenvalue weighted by Gasteiger charge is -2.49. The number of thioether (sulfide) groups is 1. The molecule has 4 atom stereocenters. The number of carbonyl (C=O) groups excluding carboxylic acids is 3. The molecule has 0 spiro atoms. The van der Waals surface area contributed by atoms with Gasteiger partial charge in [-0.1, -0.05) is 39.5 Å². The Morgan fingerprint density at radius 2 is 1.92 bits per heavy atom. The summed E-state index contributed by atoms with van der Waals surface area (Å²) in [6.07, 6.45) is -0.379. The molecule has 0 aliphatic carbocycles. The Bertz CT molecular complexity index is 559. The van der Waals surface area contributed by atoms with Gasteiger partial charge in [0.25, 0.3) is 0 Å². The third kappa shape index (κ3) is 3.55. The van der Waals surface area contributed by atoms with Crippen LogP contribution < -0.4 is 0 Å². The largest absolute Gasteiger partial charge is 0.435 e. The molecule has 0 radical (unpaired) electrons. The summed E-state index contributed by atoms with van der Waals surface area (Å²) < 4.78 is 11.4. The molecule has 2 aliphatic rings. The number of β-lactam (4-membered cyclic amide) rings is 1. The van der Waals surface area contributed by atoms with Crippen LogP contribution in [0, 0.1) is 5.92 Å². The molecule has 2 fully saturated rings. The summed E-state index contributed by atoms with van der Waals surface area (Å²) in [4.78, 5) is 37.9. The first-order valence-corrected chi connectivity index (χ1v) is 12.0. The van der Waals surface area contributed by atoms with Crippen molar-refractivity contribution < 1.29 is 23.5 Å². The number of carbonyl (C=O) groups is 3. The Morgan fingerprint density at radius 3 is 2.42 bits per heavy atom. The summed E-state index contributed by atoms with van der Waals surface area (Å²) in [6, 6.07) is -0.180. The zero-order valence-corrected chi connectivity index (χ0v) is 17.2. The number of nitrogens with zero attached hydrogens (tertiary/aromatic N) is 1. The molecule has 2 aliphatic heterocycles. The van der Waals surface area contributed by atoms with Gasteiger partial charge >= 0.3 is 5.97 Å². The van der Waals surface area contributed by atoms with Crippen molar-refractivity contribution in [3.05, 3.63) is 0 Å². The van der Waals surface area contributed by atoms with Crippen molar-refractivity contribution in [2.45, 2.75) is 76.9 Å². The lowest BCUT2D eigenvalue weighted by atomic mass is 9.90. The zero-order valence-electron chi connectivity index (χ0n) is 15.4. The maximum atomic E-state index is 12.5. The van der Waals surface area contributed by atoms with E-state index in [9.17, 15) is 14.4 Å². The van der Waals surface area contributed by atoms with Crippen LogP contribution in [-0.2, 0) is 23.5 Å². The van der Waals surface area contributed by atoms with Gasteiger partial charge in [-0.05, 0) is 25.1 Å². The second kappa shape index (κ2) is 6.46. The average molecular weight is 374 g/mol. The number of amides is 1. The fourth-order valence-corrected chi connectivity index (χ4v) is 4.97. The highest BCUT2D eigenvalue weighted by atomic mass is 32.2. The third-order valence-electron chi connectivity index (χ3n) is 5.21. The number of rotatable bonds is 4. The first-order valence-electron chi connectivity index (χ1n) is 8.25. The Morgan fingerprint density at radius 1 is 1.33 bits per heavy atom. The van der Waals surface area contributed by atoms with E-state index >= 15 is 0 Å². The highest BCUT2D eigenvalue weighted by Gasteiger charge is 2.53. The van der Waals surface area contributed by atoms with Crippen molar-refractivity contribution in [3.8, 4) is 0 Å². The van der Waals surface area contributed by atoms with Crippen LogP contribution in [0.3, 0.4) is 0 Å². The molecule has 136 valence electrons. The summed E-state index contributed by atoms with van der Waals surface area (Å²) in [6.45, 7) is 14.0. The summed E-state index contributed by atoms with van der Waals surface area (Å²) in [5, 5.41) is -0.953. The number of fused-ring (bicyclic) bond motifs is 1. The van der Waals surface area contributed by atoms with Gasteiger partial charge < -0.3 is 14.1 Å². The smallest absolute Gasteiger partial charge is 0.342 e. The highest BCUT2D eigenvalue weighted by Crippen LogP contribution is 2.41. The van der Waals surface area contributed by atoms with Crippen LogP contribution in [0.4, 0.5) is 0 Å². The standard InChI is InChI=1S/C16H27NO5SSi/c1-9-11-8-12(18)17(11)13(23-15(9)20)14(19)21-10(2)22-24(6,7)16(3,4)5/h9-11,13H,8H2,1-7H3/t9-,10-,11+,13?/m1/s1. The second-order valence-electron chi connectivity index (χ2n) is 8.03. The summed E-state index contributed by atoms with van der Waals surface area (Å²) in [5.41, 5.74) is 0. The SMILES string of the molecule is C[C@H](OC(=O)C1SC(=O)[C@H](C)[C@@H]2CC(=O)N12)O[Si](C)(C)C(C)(C)C. The van der Waals surface area contributed by atoms with Crippen LogP contribution in [0.1, 0.15) is 41.0 Å². The van der Waals surface area contributed by atoms with E-state index in [1.165, 1.54) is 4.90 Å². The highest BCUT2D eigenvalue weighted by molar-refractivity contribution is 8.14. The zero-order chi connectivity index (χ0) is 18.4. The van der Waals surface area contributed by atoms with Gasteiger partial charge in [0, 0.05) is 12.3 Å². The second-order valence-corrected chi connectivity index (χ2v) is 13.9. The lowest BCUT2D eigenvalue weighted by molar-refractivity contribution is -0.175. The monoisotopic (exact) mass is 373 g/mol. The van der Waals surface area contributed by atoms with Crippen molar-refractivity contribution in [2.24, 2.45) is 5.92 Å². The van der Waals surface area contributed by atoms with E-state index in [-0.39, 0.29) is 28.0 Å². The van der Waals surface area contributed by atoms with Crippen LogP contribution in [0.15, 0.2) is 0 Å². The summed E-state index contributed by atoms with van der Waals surface area (Å²) in [7, 11) is -2.07. The fourth-order valence-electron chi connectivity index (χ4n) is 2.61. The molecular weight excluding hydrogens is 346 g/mol. The molecule has 0 N–H and O–H groups in total. The minimum absolute atomic E-state index is 0.00279. The fraction of sp³-hybridized carbons (Fsp3) is 0.812. The van der Waals surface area contributed by atoms with Gasteiger partial charge in [0.2, 0.25) is 5.91 Å². The maximum Gasteiger partial charge on any atom is 0.342 e. The van der Waals surface area contributed by atoms with Gasteiger partial charge in [-0.15, -0.1) is 0 Å². The molecule has 2 rings (SSSR count). The molecule has 0 saturated carbocycles. The van der Waals surface area contributed by atoms with Crippen molar-refractivity contribution in [1.82, 2.24) is 4.90 Å². The van der Waals surface area contributed by atoms with Gasteiger partial charge in [-0.25, -0.2) is 4.79 Å². The topological polar surface area (TPSA) is 72.9 Å². The molecule has 6 nitrogen and oxygen atoms in total. The molecule has 0 aromatic carbocycles. The van der Waals surface area contributed by atoms with Gasteiger partial charge in [0.1, 0.15) is 0 Å². The van der Waals surface area contributed by atoms with E-state index < -0.39 is 26.0 Å². The molecule has 2 heterocycles. The minimum atomic E-state index is -2.07.